The van der Waals surface area contributed by atoms with E-state index >= 15 is 0 Å². The van der Waals surface area contributed by atoms with Crippen LogP contribution in [0.15, 0.2) is 42.6 Å². The van der Waals surface area contributed by atoms with E-state index in [1.165, 1.54) is 12.1 Å². The molecule has 0 aliphatic rings. The van der Waals surface area contributed by atoms with E-state index in [2.05, 4.69) is 9.97 Å². The molecule has 2 aromatic carbocycles. The van der Waals surface area contributed by atoms with Crippen LogP contribution in [0.5, 0.6) is 0 Å². The van der Waals surface area contributed by atoms with E-state index in [1.807, 2.05) is 0 Å². The van der Waals surface area contributed by atoms with Gasteiger partial charge >= 0.3 is 5.97 Å². The first-order valence-electron chi connectivity index (χ1n) is 6.10. The molecule has 0 amide bonds. The van der Waals surface area contributed by atoms with Crippen LogP contribution in [0.25, 0.3) is 22.0 Å². The molecule has 0 fully saturated rings. The largest absolute Gasteiger partial charge is 0.478 e. The molecule has 3 rings (SSSR count). The summed E-state index contributed by atoms with van der Waals surface area (Å²) in [7, 11) is 0. The number of aromatic nitrogens is 2. The summed E-state index contributed by atoms with van der Waals surface area (Å²) in [6, 6.07) is 9.30. The fraction of sp³-hybridized carbons (Fsp3) is 0. The predicted molar refractivity (Wildman–Crippen MR) is 76.3 cm³/mol. The molecule has 0 saturated carbocycles. The van der Waals surface area contributed by atoms with Crippen molar-refractivity contribution in [3.63, 3.8) is 0 Å². The molecule has 0 spiro atoms. The van der Waals surface area contributed by atoms with Crippen LogP contribution in [0.2, 0.25) is 0 Å². The quantitative estimate of drug-likeness (QED) is 0.754. The highest BCUT2D eigenvalue weighted by Gasteiger charge is 2.12. The second-order valence-electron chi connectivity index (χ2n) is 4.50. The molecule has 0 bridgehead atoms. The van der Waals surface area contributed by atoms with E-state index in [9.17, 15) is 9.18 Å². The Balaban J connectivity index is 2.14. The Labute approximate surface area is 118 Å². The van der Waals surface area contributed by atoms with Crippen molar-refractivity contribution in [2.45, 2.75) is 0 Å². The number of rotatable bonds is 2. The number of carbonyl (C=O) groups is 1. The summed E-state index contributed by atoms with van der Waals surface area (Å²) in [5.41, 5.74) is 7.19. The van der Waals surface area contributed by atoms with E-state index in [0.717, 1.165) is 17.0 Å². The average Bonchev–Trinajstić information content (AvgIpc) is 2.47. The van der Waals surface area contributed by atoms with Gasteiger partial charge in [-0.2, -0.15) is 0 Å². The van der Waals surface area contributed by atoms with E-state index < -0.39 is 11.8 Å². The zero-order valence-corrected chi connectivity index (χ0v) is 10.7. The summed E-state index contributed by atoms with van der Waals surface area (Å²) in [5, 5.41) is 9.73. The lowest BCUT2D eigenvalue weighted by Gasteiger charge is -2.06. The monoisotopic (exact) mass is 283 g/mol. The standard InChI is InChI=1S/C15H10FN3O2/c16-12-3-1-9(6-11(12)14(20)21)8-2-4-13-10(5-8)7-18-15(17)19-13/h1-7H,(H,20,21)(H2,17,18,19). The van der Waals surface area contributed by atoms with Crippen LogP contribution in [0.4, 0.5) is 10.3 Å². The Hall–Kier alpha value is -3.02. The number of fused-ring (bicyclic) bond motifs is 1. The van der Waals surface area contributed by atoms with Crippen molar-refractivity contribution < 1.29 is 14.3 Å². The van der Waals surface area contributed by atoms with Crippen LogP contribution in [-0.4, -0.2) is 21.0 Å². The summed E-state index contributed by atoms with van der Waals surface area (Å²) >= 11 is 0. The second-order valence-corrected chi connectivity index (χ2v) is 4.50. The van der Waals surface area contributed by atoms with Gasteiger partial charge in [0.15, 0.2) is 0 Å². The Kier molecular flexibility index (Phi) is 2.98. The Morgan fingerprint density at radius 3 is 2.62 bits per heavy atom. The third-order valence-corrected chi connectivity index (χ3v) is 3.13. The van der Waals surface area contributed by atoms with E-state index in [0.29, 0.717) is 11.1 Å². The minimum atomic E-state index is -1.30. The summed E-state index contributed by atoms with van der Waals surface area (Å²) < 4.78 is 13.4. The van der Waals surface area contributed by atoms with Gasteiger partial charge in [0, 0.05) is 11.6 Å². The Bertz CT molecular complexity index is 865. The molecule has 0 aliphatic heterocycles. The Morgan fingerprint density at radius 2 is 1.86 bits per heavy atom. The number of nitrogens with two attached hydrogens (primary N) is 1. The molecule has 21 heavy (non-hydrogen) atoms. The van der Waals surface area contributed by atoms with Gasteiger partial charge in [-0.15, -0.1) is 0 Å². The number of carboxylic acid groups (broad SMARTS) is 1. The number of hydrogen-bond donors (Lipinski definition) is 2. The molecule has 5 nitrogen and oxygen atoms in total. The normalized spacial score (nSPS) is 10.7. The second kappa shape index (κ2) is 4.82. The van der Waals surface area contributed by atoms with Crippen LogP contribution in [0.1, 0.15) is 10.4 Å². The molecule has 0 radical (unpaired) electrons. The molecule has 0 atom stereocenters. The summed E-state index contributed by atoms with van der Waals surface area (Å²) in [6.45, 7) is 0. The lowest BCUT2D eigenvalue weighted by atomic mass is 10.0. The minimum absolute atomic E-state index is 0.185. The lowest BCUT2D eigenvalue weighted by Crippen LogP contribution is -2.00. The van der Waals surface area contributed by atoms with Crippen molar-refractivity contribution in [1.82, 2.24) is 9.97 Å². The van der Waals surface area contributed by atoms with Crippen molar-refractivity contribution in [3.8, 4) is 11.1 Å². The number of halogens is 1. The summed E-state index contributed by atoms with van der Waals surface area (Å²) in [5.74, 6) is -1.88. The molecule has 1 aromatic heterocycles. The number of benzene rings is 2. The molecule has 6 heteroatoms. The van der Waals surface area contributed by atoms with Crippen LogP contribution < -0.4 is 5.73 Å². The zero-order chi connectivity index (χ0) is 15.0. The molecule has 104 valence electrons. The molecule has 0 aliphatic carbocycles. The van der Waals surface area contributed by atoms with Gasteiger partial charge in [-0.1, -0.05) is 12.1 Å². The molecule has 3 aromatic rings. The van der Waals surface area contributed by atoms with Gasteiger partial charge in [0.05, 0.1) is 11.1 Å². The summed E-state index contributed by atoms with van der Waals surface area (Å²) in [6.07, 6.45) is 1.59. The maximum absolute atomic E-state index is 13.4. The number of carboxylic acids is 1. The van der Waals surface area contributed by atoms with Gasteiger partial charge in [0.1, 0.15) is 5.82 Å². The molecular weight excluding hydrogens is 273 g/mol. The van der Waals surface area contributed by atoms with E-state index in [1.54, 1.807) is 24.4 Å². The van der Waals surface area contributed by atoms with E-state index in [-0.39, 0.29) is 11.5 Å². The first kappa shape index (κ1) is 13.0. The molecular formula is C15H10FN3O2. The molecule has 0 unspecified atom stereocenters. The van der Waals surface area contributed by atoms with Gasteiger partial charge in [0.2, 0.25) is 5.95 Å². The van der Waals surface area contributed by atoms with Crippen molar-refractivity contribution in [3.05, 3.63) is 54.0 Å². The number of aromatic carboxylic acids is 1. The van der Waals surface area contributed by atoms with E-state index in [4.69, 9.17) is 10.8 Å². The first-order chi connectivity index (χ1) is 10.0. The fourth-order valence-electron chi connectivity index (χ4n) is 2.10. The third kappa shape index (κ3) is 2.38. The number of hydrogen-bond acceptors (Lipinski definition) is 4. The highest BCUT2D eigenvalue weighted by Crippen LogP contribution is 2.25. The average molecular weight is 283 g/mol. The highest BCUT2D eigenvalue weighted by molar-refractivity contribution is 5.91. The number of anilines is 1. The third-order valence-electron chi connectivity index (χ3n) is 3.13. The molecule has 3 N–H and O–H groups in total. The van der Waals surface area contributed by atoms with Crippen molar-refractivity contribution >= 4 is 22.8 Å². The van der Waals surface area contributed by atoms with Gasteiger partial charge in [-0.05, 0) is 35.4 Å². The van der Waals surface area contributed by atoms with Gasteiger partial charge in [-0.3, -0.25) is 0 Å². The highest BCUT2D eigenvalue weighted by atomic mass is 19.1. The van der Waals surface area contributed by atoms with Crippen LogP contribution >= 0.6 is 0 Å². The van der Waals surface area contributed by atoms with Crippen LogP contribution in [0.3, 0.4) is 0 Å². The minimum Gasteiger partial charge on any atom is -0.478 e. The topological polar surface area (TPSA) is 89.1 Å². The number of nitrogen functional groups attached to an aromatic ring is 1. The molecule has 1 heterocycles. The molecule has 0 saturated heterocycles. The van der Waals surface area contributed by atoms with Crippen molar-refractivity contribution in [1.29, 1.82) is 0 Å². The number of nitrogens with zero attached hydrogens (tertiary/aromatic N) is 2. The van der Waals surface area contributed by atoms with Gasteiger partial charge < -0.3 is 10.8 Å². The van der Waals surface area contributed by atoms with Crippen LogP contribution in [-0.2, 0) is 0 Å². The Morgan fingerprint density at radius 1 is 1.14 bits per heavy atom. The van der Waals surface area contributed by atoms with Gasteiger partial charge in [-0.25, -0.2) is 19.2 Å². The first-order valence-corrected chi connectivity index (χ1v) is 6.10. The van der Waals surface area contributed by atoms with Gasteiger partial charge in [0.25, 0.3) is 0 Å². The summed E-state index contributed by atoms with van der Waals surface area (Å²) in [4.78, 5) is 19.0. The van der Waals surface area contributed by atoms with Crippen molar-refractivity contribution in [2.24, 2.45) is 0 Å². The maximum atomic E-state index is 13.4. The smallest absolute Gasteiger partial charge is 0.338 e. The van der Waals surface area contributed by atoms with Crippen molar-refractivity contribution in [2.75, 3.05) is 5.73 Å². The fourth-order valence-corrected chi connectivity index (χ4v) is 2.10. The predicted octanol–water partition coefficient (Wildman–Crippen LogP) is 2.72. The van der Waals surface area contributed by atoms with Crippen LogP contribution in [0, 0.1) is 5.82 Å². The zero-order valence-electron chi connectivity index (χ0n) is 10.7. The SMILES string of the molecule is Nc1ncc2cc(-c3ccc(F)c(C(=O)O)c3)ccc2n1. The lowest BCUT2D eigenvalue weighted by molar-refractivity contribution is 0.0692. The maximum Gasteiger partial charge on any atom is 0.338 e.